The Morgan fingerprint density at radius 2 is 2.04 bits per heavy atom. The van der Waals surface area contributed by atoms with Crippen molar-refractivity contribution < 1.29 is 14.5 Å². The average Bonchev–Trinajstić information content (AvgIpc) is 2.62. The zero-order valence-corrected chi connectivity index (χ0v) is 13.9. The Morgan fingerprint density at radius 1 is 1.28 bits per heavy atom. The highest BCUT2D eigenvalue weighted by atomic mass is 35.5. The second-order valence-corrected chi connectivity index (χ2v) is 5.79. The molecule has 0 aliphatic carbocycles. The molecule has 1 aliphatic rings. The summed E-state index contributed by atoms with van der Waals surface area (Å²) in [5.41, 5.74) is 0.499. The number of nitrogens with zero attached hydrogens (tertiary/aromatic N) is 3. The maximum Gasteiger partial charge on any atom is 0.270 e. The second-order valence-electron chi connectivity index (χ2n) is 5.38. The molecule has 0 saturated carbocycles. The predicted molar refractivity (Wildman–Crippen MR) is 93.3 cm³/mol. The largest absolute Gasteiger partial charge is 0.378 e. The highest BCUT2D eigenvalue weighted by Crippen LogP contribution is 2.23. The molecule has 0 atom stereocenters. The molecule has 0 unspecified atom stereocenters. The quantitative estimate of drug-likeness (QED) is 0.663. The van der Waals surface area contributed by atoms with Crippen LogP contribution in [-0.2, 0) is 4.74 Å². The molecule has 1 amide bonds. The fourth-order valence-electron chi connectivity index (χ4n) is 2.44. The molecule has 9 heteroatoms. The second kappa shape index (κ2) is 7.45. The number of carbonyl (C=O) groups excluding carboxylic acids is 1. The number of non-ortho nitro benzene ring substituents is 1. The number of nitrogens with one attached hydrogen (secondary N) is 1. The molecule has 130 valence electrons. The Labute approximate surface area is 148 Å². The Bertz CT molecular complexity index is 791. The number of halogens is 1. The van der Waals surface area contributed by atoms with E-state index in [1.165, 1.54) is 12.1 Å². The Balaban J connectivity index is 1.69. The lowest BCUT2D eigenvalue weighted by atomic mass is 10.2. The van der Waals surface area contributed by atoms with Crippen molar-refractivity contribution in [3.05, 3.63) is 57.2 Å². The number of nitro benzene ring substituents is 1. The fraction of sp³-hybridized carbons (Fsp3) is 0.250. The molecule has 8 nitrogen and oxygen atoms in total. The molecule has 0 radical (unpaired) electrons. The lowest BCUT2D eigenvalue weighted by Gasteiger charge is -2.27. The summed E-state index contributed by atoms with van der Waals surface area (Å²) in [6, 6.07) is 7.27. The van der Waals surface area contributed by atoms with E-state index in [4.69, 9.17) is 16.3 Å². The number of ether oxygens (including phenoxy) is 1. The molecule has 25 heavy (non-hydrogen) atoms. The molecule has 1 aromatic heterocycles. The first kappa shape index (κ1) is 17.1. The molecule has 1 fully saturated rings. The number of rotatable bonds is 4. The molecular weight excluding hydrogens is 348 g/mol. The van der Waals surface area contributed by atoms with Gasteiger partial charge in [-0.05, 0) is 18.2 Å². The van der Waals surface area contributed by atoms with E-state index in [1.54, 1.807) is 12.3 Å². The summed E-state index contributed by atoms with van der Waals surface area (Å²) < 4.78 is 5.30. The van der Waals surface area contributed by atoms with Gasteiger partial charge in [0.2, 0.25) is 0 Å². The Hall–Kier alpha value is -2.71. The van der Waals surface area contributed by atoms with Gasteiger partial charge < -0.3 is 15.0 Å². The van der Waals surface area contributed by atoms with Gasteiger partial charge in [0.25, 0.3) is 11.6 Å². The van der Waals surface area contributed by atoms with Crippen LogP contribution in [0.5, 0.6) is 0 Å². The van der Waals surface area contributed by atoms with Gasteiger partial charge in [0.1, 0.15) is 5.82 Å². The van der Waals surface area contributed by atoms with Crippen LogP contribution in [0.15, 0.2) is 36.5 Å². The van der Waals surface area contributed by atoms with Crippen LogP contribution in [0.1, 0.15) is 10.4 Å². The van der Waals surface area contributed by atoms with E-state index in [1.807, 2.05) is 6.07 Å². The monoisotopic (exact) mass is 362 g/mol. The third-order valence-electron chi connectivity index (χ3n) is 3.75. The van der Waals surface area contributed by atoms with Gasteiger partial charge in [-0.15, -0.1) is 0 Å². The van der Waals surface area contributed by atoms with Gasteiger partial charge in [-0.2, -0.15) is 0 Å². The van der Waals surface area contributed by atoms with Gasteiger partial charge >= 0.3 is 0 Å². The van der Waals surface area contributed by atoms with Crippen molar-refractivity contribution in [2.45, 2.75) is 0 Å². The molecule has 2 heterocycles. The smallest absolute Gasteiger partial charge is 0.270 e. The Morgan fingerprint density at radius 3 is 2.64 bits per heavy atom. The average molecular weight is 363 g/mol. The SMILES string of the molecule is O=C(Nc1ccc(N2CCOCC2)nc1)c1ccc([N+](=O)[O-])cc1Cl. The molecule has 3 rings (SSSR count). The van der Waals surface area contributed by atoms with Gasteiger partial charge in [-0.3, -0.25) is 14.9 Å². The minimum atomic E-state index is -0.568. The molecule has 1 aliphatic heterocycles. The minimum Gasteiger partial charge on any atom is -0.378 e. The molecule has 1 N–H and O–H groups in total. The minimum absolute atomic E-state index is 0.0181. The van der Waals surface area contributed by atoms with Crippen LogP contribution in [0, 0.1) is 10.1 Å². The maximum absolute atomic E-state index is 12.3. The zero-order valence-electron chi connectivity index (χ0n) is 13.1. The van der Waals surface area contributed by atoms with Gasteiger partial charge in [-0.25, -0.2) is 4.98 Å². The van der Waals surface area contributed by atoms with E-state index < -0.39 is 10.8 Å². The summed E-state index contributed by atoms with van der Waals surface area (Å²) >= 11 is 5.96. The predicted octanol–water partition coefficient (Wildman–Crippen LogP) is 2.73. The first-order valence-electron chi connectivity index (χ1n) is 7.58. The van der Waals surface area contributed by atoms with E-state index in [9.17, 15) is 14.9 Å². The third kappa shape index (κ3) is 4.04. The molecule has 2 aromatic rings. The van der Waals surface area contributed by atoms with Crippen molar-refractivity contribution in [2.75, 3.05) is 36.5 Å². The lowest BCUT2D eigenvalue weighted by molar-refractivity contribution is -0.384. The molecule has 0 bridgehead atoms. The van der Waals surface area contributed by atoms with Crippen molar-refractivity contribution in [3.63, 3.8) is 0 Å². The highest BCUT2D eigenvalue weighted by Gasteiger charge is 2.16. The normalized spacial score (nSPS) is 14.2. The van der Waals surface area contributed by atoms with E-state index in [0.717, 1.165) is 25.0 Å². The number of morpholine rings is 1. The topological polar surface area (TPSA) is 97.6 Å². The molecule has 0 spiro atoms. The number of hydrogen-bond acceptors (Lipinski definition) is 6. The highest BCUT2D eigenvalue weighted by molar-refractivity contribution is 6.34. The van der Waals surface area contributed by atoms with Crippen LogP contribution < -0.4 is 10.2 Å². The van der Waals surface area contributed by atoms with Crippen LogP contribution in [0.25, 0.3) is 0 Å². The zero-order chi connectivity index (χ0) is 17.8. The van der Waals surface area contributed by atoms with Crippen molar-refractivity contribution in [1.82, 2.24) is 4.98 Å². The van der Waals surface area contributed by atoms with Crippen molar-refractivity contribution in [3.8, 4) is 0 Å². The summed E-state index contributed by atoms with van der Waals surface area (Å²) in [7, 11) is 0. The lowest BCUT2D eigenvalue weighted by Crippen LogP contribution is -2.36. The molecular formula is C16H15ClN4O4. The summed E-state index contributed by atoms with van der Waals surface area (Å²) in [6.07, 6.45) is 1.56. The van der Waals surface area contributed by atoms with Crippen LogP contribution in [0.3, 0.4) is 0 Å². The van der Waals surface area contributed by atoms with E-state index in [2.05, 4.69) is 15.2 Å². The van der Waals surface area contributed by atoms with Gasteiger partial charge in [0, 0.05) is 25.2 Å². The van der Waals surface area contributed by atoms with Gasteiger partial charge in [-0.1, -0.05) is 11.6 Å². The van der Waals surface area contributed by atoms with Gasteiger partial charge in [0.05, 0.1) is 40.6 Å². The summed E-state index contributed by atoms with van der Waals surface area (Å²) in [5.74, 6) is 0.357. The van der Waals surface area contributed by atoms with E-state index in [0.29, 0.717) is 18.9 Å². The first-order valence-corrected chi connectivity index (χ1v) is 7.96. The number of pyridine rings is 1. The fourth-order valence-corrected chi connectivity index (χ4v) is 2.70. The maximum atomic E-state index is 12.3. The summed E-state index contributed by atoms with van der Waals surface area (Å²) in [4.78, 5) is 28.9. The van der Waals surface area contributed by atoms with Crippen molar-refractivity contribution in [2.24, 2.45) is 0 Å². The summed E-state index contributed by atoms with van der Waals surface area (Å²) in [5, 5.41) is 13.4. The van der Waals surface area contributed by atoms with E-state index in [-0.39, 0.29) is 16.3 Å². The number of benzene rings is 1. The number of nitro groups is 1. The van der Waals surface area contributed by atoms with Crippen LogP contribution in [0.2, 0.25) is 5.02 Å². The number of hydrogen-bond donors (Lipinski definition) is 1. The number of aromatic nitrogens is 1. The van der Waals surface area contributed by atoms with Crippen LogP contribution >= 0.6 is 11.6 Å². The summed E-state index contributed by atoms with van der Waals surface area (Å²) in [6.45, 7) is 2.88. The molecule has 1 aromatic carbocycles. The number of carbonyl (C=O) groups is 1. The number of amides is 1. The van der Waals surface area contributed by atoms with Crippen molar-refractivity contribution >= 4 is 34.7 Å². The molecule has 1 saturated heterocycles. The van der Waals surface area contributed by atoms with Crippen molar-refractivity contribution in [1.29, 1.82) is 0 Å². The standard InChI is InChI=1S/C16H15ClN4O4/c17-14-9-12(21(23)24)2-3-13(14)16(22)19-11-1-4-15(18-10-11)20-5-7-25-8-6-20/h1-4,9-10H,5-8H2,(H,19,22). The number of anilines is 2. The van der Waals surface area contributed by atoms with Crippen LogP contribution in [-0.4, -0.2) is 42.1 Å². The third-order valence-corrected chi connectivity index (χ3v) is 4.06. The Kier molecular flexibility index (Phi) is 5.11. The van der Waals surface area contributed by atoms with Gasteiger partial charge in [0.15, 0.2) is 0 Å². The van der Waals surface area contributed by atoms with E-state index >= 15 is 0 Å². The van der Waals surface area contributed by atoms with Crippen LogP contribution in [0.4, 0.5) is 17.2 Å². The first-order chi connectivity index (χ1) is 12.0.